The van der Waals surface area contributed by atoms with E-state index in [4.69, 9.17) is 9.15 Å². The van der Waals surface area contributed by atoms with Crippen LogP contribution >= 0.6 is 0 Å². The number of para-hydroxylation sites is 2. The highest BCUT2D eigenvalue weighted by atomic mass is 16.5. The molecular formula is C33H32N2O3. The average molecular weight is 505 g/mol. The van der Waals surface area contributed by atoms with E-state index in [0.29, 0.717) is 23.9 Å². The van der Waals surface area contributed by atoms with Gasteiger partial charge in [-0.05, 0) is 61.4 Å². The molecule has 3 aliphatic heterocycles. The number of piperidine rings is 1. The van der Waals surface area contributed by atoms with Gasteiger partial charge < -0.3 is 14.5 Å². The summed E-state index contributed by atoms with van der Waals surface area (Å²) in [4.78, 5) is 14.5. The number of anilines is 1. The lowest BCUT2D eigenvalue weighted by Gasteiger charge is -2.43. The molecule has 3 aromatic carbocycles. The standard InChI is InChI=1S/C33H32N2O3/c1-21(36)34-30-8-4-2-6-27(30)23-10-13-29-32(18-23)38-31-9-5-3-7-28(31)33(29)24-16-25-11-12-26(17-24)35(25)19-22-14-15-37-20-22/h2-10,13-15,18,20,24-26,33H,11-12,16-17,19H2,1H3,(H,34,36). The molecule has 2 fully saturated rings. The number of ether oxygens (including phenoxy) is 1. The second-order valence-electron chi connectivity index (χ2n) is 11.0. The smallest absolute Gasteiger partial charge is 0.221 e. The molecule has 5 heteroatoms. The Morgan fingerprint density at radius 1 is 0.921 bits per heavy atom. The molecule has 0 radical (unpaired) electrons. The molecule has 3 atom stereocenters. The summed E-state index contributed by atoms with van der Waals surface area (Å²) in [5, 5.41) is 2.97. The highest BCUT2D eigenvalue weighted by Gasteiger charge is 2.45. The van der Waals surface area contributed by atoms with Crippen molar-refractivity contribution in [2.45, 2.75) is 57.2 Å². The molecule has 3 aliphatic rings. The van der Waals surface area contributed by atoms with Gasteiger partial charge in [0.05, 0.1) is 12.5 Å². The number of amides is 1. The van der Waals surface area contributed by atoms with Crippen LogP contribution in [0.4, 0.5) is 5.69 Å². The monoisotopic (exact) mass is 504 g/mol. The predicted molar refractivity (Wildman–Crippen MR) is 148 cm³/mol. The first-order valence-corrected chi connectivity index (χ1v) is 13.7. The molecule has 2 bridgehead atoms. The van der Waals surface area contributed by atoms with E-state index in [1.165, 1.54) is 42.4 Å². The maximum absolute atomic E-state index is 11.8. The molecule has 0 saturated carbocycles. The van der Waals surface area contributed by atoms with Crippen LogP contribution in [-0.4, -0.2) is 22.9 Å². The Morgan fingerprint density at radius 3 is 2.47 bits per heavy atom. The fourth-order valence-corrected chi connectivity index (χ4v) is 7.15. The van der Waals surface area contributed by atoms with Crippen LogP contribution in [0.3, 0.4) is 0 Å². The fourth-order valence-electron chi connectivity index (χ4n) is 7.15. The lowest BCUT2D eigenvalue weighted by Crippen LogP contribution is -2.43. The van der Waals surface area contributed by atoms with Gasteiger partial charge in [0, 0.05) is 59.4 Å². The topological polar surface area (TPSA) is 54.7 Å². The number of carbonyl (C=O) groups excluding carboxylic acids is 1. The van der Waals surface area contributed by atoms with E-state index < -0.39 is 0 Å². The molecule has 192 valence electrons. The van der Waals surface area contributed by atoms with Crippen molar-refractivity contribution in [2.75, 3.05) is 5.32 Å². The number of nitrogens with one attached hydrogen (secondary N) is 1. The molecule has 1 amide bonds. The number of hydrogen-bond donors (Lipinski definition) is 1. The van der Waals surface area contributed by atoms with E-state index in [2.05, 4.69) is 64.8 Å². The van der Waals surface area contributed by atoms with Gasteiger partial charge >= 0.3 is 0 Å². The summed E-state index contributed by atoms with van der Waals surface area (Å²) in [6.45, 7) is 2.53. The van der Waals surface area contributed by atoms with Gasteiger partial charge in [0.15, 0.2) is 0 Å². The lowest BCUT2D eigenvalue weighted by atomic mass is 9.72. The first-order chi connectivity index (χ1) is 18.6. The van der Waals surface area contributed by atoms with Gasteiger partial charge in [-0.25, -0.2) is 0 Å². The molecular weight excluding hydrogens is 472 g/mol. The van der Waals surface area contributed by atoms with E-state index in [1.54, 1.807) is 13.2 Å². The van der Waals surface area contributed by atoms with E-state index in [9.17, 15) is 4.79 Å². The van der Waals surface area contributed by atoms with Crippen molar-refractivity contribution in [3.63, 3.8) is 0 Å². The van der Waals surface area contributed by atoms with Gasteiger partial charge in [0.1, 0.15) is 11.5 Å². The number of nitrogens with zero attached hydrogens (tertiary/aromatic N) is 1. The van der Waals surface area contributed by atoms with Crippen molar-refractivity contribution < 1.29 is 13.9 Å². The molecule has 7 rings (SSSR count). The van der Waals surface area contributed by atoms with Crippen molar-refractivity contribution in [1.82, 2.24) is 4.90 Å². The largest absolute Gasteiger partial charge is 0.472 e. The molecule has 0 aliphatic carbocycles. The molecule has 1 aromatic heterocycles. The van der Waals surface area contributed by atoms with Crippen LogP contribution in [-0.2, 0) is 11.3 Å². The van der Waals surface area contributed by atoms with Gasteiger partial charge in [0.2, 0.25) is 5.91 Å². The molecule has 4 heterocycles. The Kier molecular flexibility index (Phi) is 5.81. The lowest BCUT2D eigenvalue weighted by molar-refractivity contribution is -0.114. The zero-order valence-electron chi connectivity index (χ0n) is 21.6. The maximum atomic E-state index is 11.8. The second-order valence-corrected chi connectivity index (χ2v) is 11.0. The van der Waals surface area contributed by atoms with Crippen molar-refractivity contribution in [3.05, 3.63) is 102 Å². The maximum Gasteiger partial charge on any atom is 0.221 e. The first kappa shape index (κ1) is 23.3. The van der Waals surface area contributed by atoms with E-state index in [0.717, 1.165) is 34.9 Å². The minimum absolute atomic E-state index is 0.0746. The molecule has 1 N–H and O–H groups in total. The van der Waals surface area contributed by atoms with Crippen LogP contribution in [0.2, 0.25) is 0 Å². The third-order valence-corrected chi connectivity index (χ3v) is 8.71. The van der Waals surface area contributed by atoms with Crippen LogP contribution in [0, 0.1) is 5.92 Å². The Hall–Kier alpha value is -3.83. The van der Waals surface area contributed by atoms with Crippen LogP contribution < -0.4 is 10.1 Å². The van der Waals surface area contributed by atoms with Gasteiger partial charge in [-0.15, -0.1) is 0 Å². The molecule has 0 spiro atoms. The summed E-state index contributed by atoms with van der Waals surface area (Å²) in [6.07, 6.45) is 8.60. The van der Waals surface area contributed by atoms with Crippen molar-refractivity contribution in [3.8, 4) is 22.6 Å². The normalized spacial score (nSPS) is 23.8. The molecule has 2 saturated heterocycles. The number of carbonyl (C=O) groups is 1. The fraction of sp³-hybridized carbons (Fsp3) is 0.303. The van der Waals surface area contributed by atoms with Crippen molar-refractivity contribution in [1.29, 1.82) is 0 Å². The Labute approximate surface area is 223 Å². The molecule has 3 unspecified atom stereocenters. The highest BCUT2D eigenvalue weighted by Crippen LogP contribution is 2.54. The van der Waals surface area contributed by atoms with Gasteiger partial charge in [-0.2, -0.15) is 0 Å². The third kappa shape index (κ3) is 4.11. The van der Waals surface area contributed by atoms with E-state index in [-0.39, 0.29) is 5.91 Å². The highest BCUT2D eigenvalue weighted by molar-refractivity contribution is 5.94. The molecule has 4 aromatic rings. The Balaban J connectivity index is 1.23. The zero-order chi connectivity index (χ0) is 25.6. The average Bonchev–Trinajstić information content (AvgIpc) is 3.51. The van der Waals surface area contributed by atoms with Crippen molar-refractivity contribution in [2.24, 2.45) is 5.92 Å². The molecule has 5 nitrogen and oxygen atoms in total. The predicted octanol–water partition coefficient (Wildman–Crippen LogP) is 7.59. The Morgan fingerprint density at radius 2 is 1.68 bits per heavy atom. The summed E-state index contributed by atoms with van der Waals surface area (Å²) >= 11 is 0. The number of fused-ring (bicyclic) bond motifs is 4. The second kappa shape index (κ2) is 9.48. The summed E-state index contributed by atoms with van der Waals surface area (Å²) in [5.41, 5.74) is 6.70. The summed E-state index contributed by atoms with van der Waals surface area (Å²) in [7, 11) is 0. The third-order valence-electron chi connectivity index (χ3n) is 8.71. The Bertz CT molecular complexity index is 1460. The van der Waals surface area contributed by atoms with Crippen molar-refractivity contribution >= 4 is 11.6 Å². The van der Waals surface area contributed by atoms with Gasteiger partial charge in [0.25, 0.3) is 0 Å². The van der Waals surface area contributed by atoms with Crippen LogP contribution in [0.5, 0.6) is 11.5 Å². The van der Waals surface area contributed by atoms with Crippen LogP contribution in [0.15, 0.2) is 89.7 Å². The first-order valence-electron chi connectivity index (χ1n) is 13.7. The number of rotatable bonds is 5. The SMILES string of the molecule is CC(=O)Nc1ccccc1-c1ccc2c(c1)Oc1ccccc1C2C1CC2CCC(C1)N2Cc1ccoc1. The summed E-state index contributed by atoms with van der Waals surface area (Å²) in [6, 6.07) is 26.4. The summed E-state index contributed by atoms with van der Waals surface area (Å²) in [5.74, 6) is 2.69. The number of benzene rings is 3. The van der Waals surface area contributed by atoms with Gasteiger partial charge in [-0.3, -0.25) is 9.69 Å². The molecule has 38 heavy (non-hydrogen) atoms. The summed E-state index contributed by atoms with van der Waals surface area (Å²) < 4.78 is 11.9. The van der Waals surface area contributed by atoms with Crippen LogP contribution in [0.1, 0.15) is 55.2 Å². The van der Waals surface area contributed by atoms with Crippen LogP contribution in [0.25, 0.3) is 11.1 Å². The van der Waals surface area contributed by atoms with E-state index >= 15 is 0 Å². The van der Waals surface area contributed by atoms with Gasteiger partial charge in [-0.1, -0.05) is 48.5 Å². The number of hydrogen-bond acceptors (Lipinski definition) is 4. The quantitative estimate of drug-likeness (QED) is 0.304. The minimum atomic E-state index is -0.0746. The zero-order valence-corrected chi connectivity index (χ0v) is 21.6. The number of furan rings is 1. The minimum Gasteiger partial charge on any atom is -0.472 e. The van der Waals surface area contributed by atoms with E-state index in [1.807, 2.05) is 24.5 Å².